The third kappa shape index (κ3) is 2.14. The summed E-state index contributed by atoms with van der Waals surface area (Å²) >= 11 is 0. The average Bonchev–Trinajstić information content (AvgIpc) is 2.46. The molecule has 122 valence electrons. The number of rotatable bonds is 5. The largest absolute Gasteiger partial charge is 0.494 e. The van der Waals surface area contributed by atoms with Gasteiger partial charge in [0.15, 0.2) is 5.41 Å². The highest BCUT2D eigenvalue weighted by atomic mass is 19.3. The monoisotopic (exact) mass is 320 g/mol. The first-order valence-electron chi connectivity index (χ1n) is 6.89. The van der Waals surface area contributed by atoms with Crippen molar-refractivity contribution in [3.63, 3.8) is 0 Å². The number of alkyl halides is 4. The van der Waals surface area contributed by atoms with E-state index in [4.69, 9.17) is 4.74 Å². The van der Waals surface area contributed by atoms with Crippen LogP contribution >= 0.6 is 0 Å². The minimum atomic E-state index is -4.50. The highest BCUT2D eigenvalue weighted by Gasteiger charge is 2.84. The maximum atomic E-state index is 14.1. The topological polar surface area (TPSA) is 35.5 Å². The fourth-order valence-corrected chi connectivity index (χ4v) is 2.62. The number of hydrogen-bond donors (Lipinski definition) is 0. The van der Waals surface area contributed by atoms with Crippen LogP contribution in [0.3, 0.4) is 0 Å². The molecule has 7 heteroatoms. The standard InChI is InChI=1S/C15H16F4O3/c1-3-21-11-7-5-10(6-8-11)13(12(20)22-4-2)9-14(16,17)15(13,18)19/h5-8H,3-4,9H2,1-2H3/t13-/m0/s1. The van der Waals surface area contributed by atoms with Crippen molar-refractivity contribution < 1.29 is 31.8 Å². The fraction of sp³-hybridized carbons (Fsp3) is 0.533. The number of carbonyl (C=O) groups is 1. The predicted octanol–water partition coefficient (Wildman–Crippen LogP) is 3.56. The molecule has 0 amide bonds. The first kappa shape index (κ1) is 16.6. The first-order chi connectivity index (χ1) is 10.2. The van der Waals surface area contributed by atoms with Crippen molar-refractivity contribution in [2.75, 3.05) is 13.2 Å². The zero-order chi connectivity index (χ0) is 16.6. The number of halogens is 4. The van der Waals surface area contributed by atoms with E-state index >= 15 is 0 Å². The minimum Gasteiger partial charge on any atom is -0.494 e. The van der Waals surface area contributed by atoms with Crippen molar-refractivity contribution in [1.29, 1.82) is 0 Å². The second-order valence-corrected chi connectivity index (χ2v) is 5.04. The molecule has 1 aromatic rings. The minimum absolute atomic E-state index is 0.167. The van der Waals surface area contributed by atoms with Gasteiger partial charge in [-0.3, -0.25) is 4.79 Å². The summed E-state index contributed by atoms with van der Waals surface area (Å²) in [5.41, 5.74) is -2.86. The third-order valence-electron chi connectivity index (χ3n) is 3.76. The highest BCUT2D eigenvalue weighted by Crippen LogP contribution is 2.64. The van der Waals surface area contributed by atoms with E-state index in [0.29, 0.717) is 12.4 Å². The second kappa shape index (κ2) is 5.44. The smallest absolute Gasteiger partial charge is 0.330 e. The van der Waals surface area contributed by atoms with Gasteiger partial charge in [0.25, 0.3) is 0 Å². The Labute approximate surface area is 125 Å². The summed E-state index contributed by atoms with van der Waals surface area (Å²) < 4.78 is 64.6. The molecule has 1 aliphatic carbocycles. The van der Waals surface area contributed by atoms with Crippen LogP contribution in [0.25, 0.3) is 0 Å². The van der Waals surface area contributed by atoms with E-state index in [1.54, 1.807) is 6.92 Å². The molecular formula is C15H16F4O3. The van der Waals surface area contributed by atoms with Crippen molar-refractivity contribution in [2.45, 2.75) is 37.5 Å². The molecule has 1 fully saturated rings. The SMILES string of the molecule is CCOC(=O)[C@@]1(c2ccc(OCC)cc2)CC(F)(F)C1(F)F. The van der Waals surface area contributed by atoms with Gasteiger partial charge in [0.05, 0.1) is 13.2 Å². The van der Waals surface area contributed by atoms with E-state index < -0.39 is 29.7 Å². The van der Waals surface area contributed by atoms with Crippen LogP contribution in [0.2, 0.25) is 0 Å². The third-order valence-corrected chi connectivity index (χ3v) is 3.76. The van der Waals surface area contributed by atoms with Gasteiger partial charge < -0.3 is 9.47 Å². The Bertz CT molecular complexity index is 556. The molecule has 0 bridgehead atoms. The molecule has 1 atom stereocenters. The Morgan fingerprint density at radius 3 is 2.09 bits per heavy atom. The molecule has 0 N–H and O–H groups in total. The molecule has 3 nitrogen and oxygen atoms in total. The zero-order valence-electron chi connectivity index (χ0n) is 12.2. The number of benzene rings is 1. The molecule has 0 unspecified atom stereocenters. The maximum absolute atomic E-state index is 14.1. The van der Waals surface area contributed by atoms with Crippen LogP contribution in [0.15, 0.2) is 24.3 Å². The van der Waals surface area contributed by atoms with Gasteiger partial charge in [-0.2, -0.15) is 17.6 Å². The van der Waals surface area contributed by atoms with Crippen molar-refractivity contribution in [1.82, 2.24) is 0 Å². The fourth-order valence-electron chi connectivity index (χ4n) is 2.62. The van der Waals surface area contributed by atoms with Crippen LogP contribution in [0.1, 0.15) is 25.8 Å². The predicted molar refractivity (Wildman–Crippen MR) is 70.4 cm³/mol. The Morgan fingerprint density at radius 1 is 1.09 bits per heavy atom. The maximum Gasteiger partial charge on any atom is 0.330 e. The highest BCUT2D eigenvalue weighted by molar-refractivity contribution is 5.87. The van der Waals surface area contributed by atoms with Crippen LogP contribution in [0.4, 0.5) is 17.6 Å². The molecule has 1 aromatic carbocycles. The number of ether oxygens (including phenoxy) is 2. The molecule has 0 saturated heterocycles. The summed E-state index contributed by atoms with van der Waals surface area (Å²) in [4.78, 5) is 12.0. The number of hydrogen-bond acceptors (Lipinski definition) is 3. The normalized spacial score (nSPS) is 25.2. The molecule has 0 heterocycles. The molecule has 1 aliphatic rings. The van der Waals surface area contributed by atoms with Gasteiger partial charge >= 0.3 is 17.8 Å². The average molecular weight is 320 g/mol. The molecule has 0 spiro atoms. The Kier molecular flexibility index (Phi) is 4.10. The van der Waals surface area contributed by atoms with Crippen LogP contribution in [0.5, 0.6) is 5.75 Å². The Hall–Kier alpha value is -1.79. The van der Waals surface area contributed by atoms with E-state index in [9.17, 15) is 22.4 Å². The Morgan fingerprint density at radius 2 is 1.68 bits per heavy atom. The number of carbonyl (C=O) groups excluding carboxylic acids is 1. The first-order valence-corrected chi connectivity index (χ1v) is 6.89. The van der Waals surface area contributed by atoms with Gasteiger partial charge in [0.1, 0.15) is 5.75 Å². The van der Waals surface area contributed by atoms with Crippen LogP contribution in [-0.2, 0) is 14.9 Å². The van der Waals surface area contributed by atoms with Crippen molar-refractivity contribution in [3.8, 4) is 5.75 Å². The van der Waals surface area contributed by atoms with Gasteiger partial charge in [-0.05, 0) is 31.5 Å². The summed E-state index contributed by atoms with van der Waals surface area (Å²) in [6.07, 6.45) is -1.28. The van der Waals surface area contributed by atoms with Gasteiger partial charge in [-0.15, -0.1) is 0 Å². The van der Waals surface area contributed by atoms with E-state index in [1.807, 2.05) is 0 Å². The zero-order valence-corrected chi connectivity index (χ0v) is 12.2. The van der Waals surface area contributed by atoms with Gasteiger partial charge in [0.2, 0.25) is 0 Å². The van der Waals surface area contributed by atoms with Crippen LogP contribution in [0, 0.1) is 0 Å². The van der Waals surface area contributed by atoms with Crippen LogP contribution in [-0.4, -0.2) is 31.0 Å². The quantitative estimate of drug-likeness (QED) is 0.615. The molecule has 0 aliphatic heterocycles. The molecular weight excluding hydrogens is 304 g/mol. The lowest BCUT2D eigenvalue weighted by atomic mass is 9.58. The van der Waals surface area contributed by atoms with E-state index in [0.717, 1.165) is 0 Å². The molecule has 2 rings (SSSR count). The molecule has 0 radical (unpaired) electrons. The lowest BCUT2D eigenvalue weighted by Crippen LogP contribution is -2.72. The van der Waals surface area contributed by atoms with E-state index in [1.165, 1.54) is 31.2 Å². The van der Waals surface area contributed by atoms with Crippen molar-refractivity contribution >= 4 is 5.97 Å². The van der Waals surface area contributed by atoms with Gasteiger partial charge in [-0.1, -0.05) is 12.1 Å². The summed E-state index contributed by atoms with van der Waals surface area (Å²) in [5.74, 6) is -9.67. The molecule has 22 heavy (non-hydrogen) atoms. The summed E-state index contributed by atoms with van der Waals surface area (Å²) in [6, 6.07) is 5.13. The molecule has 1 saturated carbocycles. The lowest BCUT2D eigenvalue weighted by molar-refractivity contribution is -0.323. The number of esters is 1. The van der Waals surface area contributed by atoms with Crippen molar-refractivity contribution in [2.24, 2.45) is 0 Å². The van der Waals surface area contributed by atoms with Crippen molar-refractivity contribution in [3.05, 3.63) is 29.8 Å². The molecule has 0 aromatic heterocycles. The summed E-state index contributed by atoms with van der Waals surface area (Å²) in [7, 11) is 0. The van der Waals surface area contributed by atoms with Gasteiger partial charge in [0, 0.05) is 6.42 Å². The second-order valence-electron chi connectivity index (χ2n) is 5.04. The van der Waals surface area contributed by atoms with Gasteiger partial charge in [-0.25, -0.2) is 0 Å². The van der Waals surface area contributed by atoms with Crippen LogP contribution < -0.4 is 4.74 Å². The van der Waals surface area contributed by atoms with E-state index in [-0.39, 0.29) is 12.2 Å². The summed E-state index contributed by atoms with van der Waals surface area (Å²) in [5, 5.41) is 0. The van der Waals surface area contributed by atoms with E-state index in [2.05, 4.69) is 4.74 Å². The summed E-state index contributed by atoms with van der Waals surface area (Å²) in [6.45, 7) is 3.38. The lowest BCUT2D eigenvalue weighted by Gasteiger charge is -2.51. The Balaban J connectivity index is 2.45.